The highest BCUT2D eigenvalue weighted by atomic mass is 16.6. The molecule has 2 aromatic carbocycles. The van der Waals surface area contributed by atoms with Gasteiger partial charge in [0.1, 0.15) is 0 Å². The van der Waals surface area contributed by atoms with E-state index in [1.807, 2.05) is 13.8 Å². The molecule has 1 unspecified atom stereocenters. The molecular formula is C20H23N3O5. The van der Waals surface area contributed by atoms with Gasteiger partial charge in [-0.25, -0.2) is 0 Å². The van der Waals surface area contributed by atoms with Gasteiger partial charge < -0.3 is 15.4 Å². The second-order valence-electron chi connectivity index (χ2n) is 6.16. The fourth-order valence-electron chi connectivity index (χ4n) is 2.47. The molecule has 0 aliphatic carbocycles. The van der Waals surface area contributed by atoms with E-state index in [-0.39, 0.29) is 35.6 Å². The van der Waals surface area contributed by atoms with Crippen LogP contribution in [0.25, 0.3) is 0 Å². The van der Waals surface area contributed by atoms with Crippen molar-refractivity contribution >= 4 is 23.2 Å². The van der Waals surface area contributed by atoms with Crippen molar-refractivity contribution in [2.24, 2.45) is 0 Å². The summed E-state index contributed by atoms with van der Waals surface area (Å²) in [5.74, 6) is -0.768. The largest absolute Gasteiger partial charge is 0.487 e. The van der Waals surface area contributed by atoms with Gasteiger partial charge in [-0.1, -0.05) is 19.1 Å². The highest BCUT2D eigenvalue weighted by Crippen LogP contribution is 2.28. The van der Waals surface area contributed by atoms with E-state index in [4.69, 9.17) is 4.74 Å². The lowest BCUT2D eigenvalue weighted by molar-refractivity contribution is -0.385. The van der Waals surface area contributed by atoms with Gasteiger partial charge in [0.25, 0.3) is 11.8 Å². The number of hydrogen-bond acceptors (Lipinski definition) is 5. The van der Waals surface area contributed by atoms with Crippen LogP contribution in [-0.4, -0.2) is 29.4 Å². The van der Waals surface area contributed by atoms with E-state index in [0.29, 0.717) is 11.3 Å². The molecule has 148 valence electrons. The van der Waals surface area contributed by atoms with Crippen molar-refractivity contribution in [2.45, 2.75) is 33.2 Å². The molecule has 0 spiro atoms. The number of para-hydroxylation sites is 1. The first-order valence-corrected chi connectivity index (χ1v) is 8.99. The van der Waals surface area contributed by atoms with Gasteiger partial charge in [-0.05, 0) is 44.5 Å². The van der Waals surface area contributed by atoms with Crippen molar-refractivity contribution in [3.63, 3.8) is 0 Å². The van der Waals surface area contributed by atoms with Gasteiger partial charge in [-0.2, -0.15) is 0 Å². The van der Waals surface area contributed by atoms with E-state index in [9.17, 15) is 19.7 Å². The van der Waals surface area contributed by atoms with Gasteiger partial charge in [0, 0.05) is 17.7 Å². The number of nitrogens with zero attached hydrogens (tertiary/aromatic N) is 1. The summed E-state index contributed by atoms with van der Waals surface area (Å²) in [6.45, 7) is 5.83. The number of ether oxygens (including phenoxy) is 1. The molecule has 0 aliphatic rings. The van der Waals surface area contributed by atoms with Crippen LogP contribution < -0.4 is 15.4 Å². The summed E-state index contributed by atoms with van der Waals surface area (Å²) in [5.41, 5.74) is 0.436. The van der Waals surface area contributed by atoms with Gasteiger partial charge in [0.05, 0.1) is 22.8 Å². The molecule has 0 aliphatic heterocycles. The average Bonchev–Trinajstić information content (AvgIpc) is 2.68. The Morgan fingerprint density at radius 1 is 1.14 bits per heavy atom. The highest BCUT2D eigenvalue weighted by Gasteiger charge is 2.20. The lowest BCUT2D eigenvalue weighted by atomic mass is 10.1. The summed E-state index contributed by atoms with van der Waals surface area (Å²) in [6, 6.07) is 10.6. The van der Waals surface area contributed by atoms with E-state index < -0.39 is 10.8 Å². The standard InChI is InChI=1S/C20H23N3O5/c1-4-13(3)21-20(25)15-8-6-7-9-16(15)22-19(24)14-10-11-18(28-5-2)17(12-14)23(26)27/h6-13H,4-5H2,1-3H3,(H,21,25)(H,22,24). The molecule has 2 rings (SSSR count). The van der Waals surface area contributed by atoms with Crippen LogP contribution in [0, 0.1) is 10.1 Å². The fourth-order valence-corrected chi connectivity index (χ4v) is 2.47. The van der Waals surface area contributed by atoms with E-state index in [0.717, 1.165) is 12.5 Å². The van der Waals surface area contributed by atoms with E-state index in [1.165, 1.54) is 12.1 Å². The van der Waals surface area contributed by atoms with Gasteiger partial charge in [0.2, 0.25) is 0 Å². The van der Waals surface area contributed by atoms with Crippen LogP contribution in [0.3, 0.4) is 0 Å². The Labute approximate surface area is 163 Å². The zero-order chi connectivity index (χ0) is 20.7. The highest BCUT2D eigenvalue weighted by molar-refractivity contribution is 6.09. The molecule has 0 heterocycles. The predicted molar refractivity (Wildman–Crippen MR) is 106 cm³/mol. The van der Waals surface area contributed by atoms with Crippen molar-refractivity contribution in [3.8, 4) is 5.75 Å². The van der Waals surface area contributed by atoms with E-state index in [1.54, 1.807) is 31.2 Å². The first kappa shape index (κ1) is 20.9. The van der Waals surface area contributed by atoms with Crippen molar-refractivity contribution in [2.75, 3.05) is 11.9 Å². The van der Waals surface area contributed by atoms with Crippen LogP contribution in [0.1, 0.15) is 47.9 Å². The number of nitro groups is 1. The van der Waals surface area contributed by atoms with Crippen LogP contribution in [0.4, 0.5) is 11.4 Å². The summed E-state index contributed by atoms with van der Waals surface area (Å²) in [7, 11) is 0. The molecule has 0 saturated heterocycles. The van der Waals surface area contributed by atoms with Crippen molar-refractivity contribution in [1.29, 1.82) is 0 Å². The maximum Gasteiger partial charge on any atom is 0.311 e. The van der Waals surface area contributed by atoms with E-state index in [2.05, 4.69) is 10.6 Å². The lowest BCUT2D eigenvalue weighted by Crippen LogP contribution is -2.32. The van der Waals surface area contributed by atoms with Gasteiger partial charge >= 0.3 is 5.69 Å². The average molecular weight is 385 g/mol. The number of carbonyl (C=O) groups excluding carboxylic acids is 2. The first-order valence-electron chi connectivity index (χ1n) is 8.99. The number of rotatable bonds is 8. The SMILES string of the molecule is CCOc1ccc(C(=O)Nc2ccccc2C(=O)NC(C)CC)cc1[N+](=O)[O-]. The predicted octanol–water partition coefficient (Wildman–Crippen LogP) is 3.77. The van der Waals surface area contributed by atoms with Crippen molar-refractivity contribution in [1.82, 2.24) is 5.32 Å². The Bertz CT molecular complexity index is 882. The third-order valence-corrected chi connectivity index (χ3v) is 4.13. The maximum atomic E-state index is 12.6. The Morgan fingerprint density at radius 3 is 2.50 bits per heavy atom. The summed E-state index contributed by atoms with van der Waals surface area (Å²) >= 11 is 0. The molecule has 0 bridgehead atoms. The Balaban J connectivity index is 2.27. The number of anilines is 1. The second-order valence-corrected chi connectivity index (χ2v) is 6.16. The molecule has 0 aromatic heterocycles. The smallest absolute Gasteiger partial charge is 0.311 e. The number of hydrogen-bond donors (Lipinski definition) is 2. The summed E-state index contributed by atoms with van der Waals surface area (Å²) in [5, 5.41) is 16.7. The van der Waals surface area contributed by atoms with Gasteiger partial charge in [0.15, 0.2) is 5.75 Å². The minimum atomic E-state index is -0.602. The Hall–Kier alpha value is -3.42. The fraction of sp³-hybridized carbons (Fsp3) is 0.300. The summed E-state index contributed by atoms with van der Waals surface area (Å²) < 4.78 is 5.22. The number of nitrogens with one attached hydrogen (secondary N) is 2. The number of amides is 2. The minimum absolute atomic E-state index is 0.00924. The molecular weight excluding hydrogens is 362 g/mol. The molecule has 0 fully saturated rings. The van der Waals surface area contributed by atoms with Gasteiger partial charge in [-0.15, -0.1) is 0 Å². The zero-order valence-corrected chi connectivity index (χ0v) is 16.0. The van der Waals surface area contributed by atoms with Crippen LogP contribution >= 0.6 is 0 Å². The second kappa shape index (κ2) is 9.50. The first-order chi connectivity index (χ1) is 13.4. The number of carbonyl (C=O) groups is 2. The Morgan fingerprint density at radius 2 is 1.86 bits per heavy atom. The molecule has 1 atom stereocenters. The van der Waals surface area contributed by atoms with Crippen LogP contribution in [0.2, 0.25) is 0 Å². The molecule has 28 heavy (non-hydrogen) atoms. The molecule has 2 amide bonds. The van der Waals surface area contributed by atoms with Gasteiger partial charge in [-0.3, -0.25) is 19.7 Å². The lowest BCUT2D eigenvalue weighted by Gasteiger charge is -2.15. The normalized spacial score (nSPS) is 11.4. The number of benzene rings is 2. The number of nitro benzene ring substituents is 1. The topological polar surface area (TPSA) is 111 Å². The monoisotopic (exact) mass is 385 g/mol. The van der Waals surface area contributed by atoms with Crippen molar-refractivity contribution < 1.29 is 19.2 Å². The molecule has 8 heteroatoms. The third-order valence-electron chi connectivity index (χ3n) is 4.13. The van der Waals surface area contributed by atoms with Crippen molar-refractivity contribution in [3.05, 3.63) is 63.7 Å². The molecule has 0 saturated carbocycles. The maximum absolute atomic E-state index is 12.6. The third kappa shape index (κ3) is 5.06. The van der Waals surface area contributed by atoms with Crippen LogP contribution in [-0.2, 0) is 0 Å². The molecule has 2 aromatic rings. The quantitative estimate of drug-likeness (QED) is 0.531. The molecule has 8 nitrogen and oxygen atoms in total. The molecule has 2 N–H and O–H groups in total. The molecule has 0 radical (unpaired) electrons. The Kier molecular flexibility index (Phi) is 7.08. The van der Waals surface area contributed by atoms with Crippen LogP contribution in [0.5, 0.6) is 5.75 Å². The summed E-state index contributed by atoms with van der Waals surface area (Å²) in [4.78, 5) is 35.7. The van der Waals surface area contributed by atoms with E-state index >= 15 is 0 Å². The summed E-state index contributed by atoms with van der Waals surface area (Å²) in [6.07, 6.45) is 0.774. The minimum Gasteiger partial charge on any atom is -0.487 e. The zero-order valence-electron chi connectivity index (χ0n) is 16.0. The van der Waals surface area contributed by atoms with Crippen LogP contribution in [0.15, 0.2) is 42.5 Å².